The van der Waals surface area contributed by atoms with E-state index in [9.17, 15) is 4.79 Å². The van der Waals surface area contributed by atoms with Crippen molar-refractivity contribution in [2.45, 2.75) is 32.2 Å². The van der Waals surface area contributed by atoms with Crippen LogP contribution in [0.2, 0.25) is 0 Å². The highest BCUT2D eigenvalue weighted by molar-refractivity contribution is 5.46. The monoisotopic (exact) mass is 250 g/mol. The van der Waals surface area contributed by atoms with Gasteiger partial charge in [-0.2, -0.15) is 0 Å². The molecule has 4 heteroatoms. The maximum Gasteiger partial charge on any atom is 0.207 e. The van der Waals surface area contributed by atoms with Gasteiger partial charge in [-0.15, -0.1) is 0 Å². The molecule has 1 amide bonds. The fourth-order valence-corrected chi connectivity index (χ4v) is 1.68. The number of aryl methyl sites for hydroxylation is 1. The van der Waals surface area contributed by atoms with Crippen LogP contribution in [0.15, 0.2) is 24.3 Å². The maximum atomic E-state index is 10.3. The first-order valence-corrected chi connectivity index (χ1v) is 6.35. The standard InChI is InChI=1S/C14H22N2O2/c1-12-5-7-14(8-6-12)18-9-3-2-4-13(10-15)16-11-17/h5-8,11,13H,2-4,9-10,15H2,1H3,(H,16,17)/t13-/m0/s1. The van der Waals surface area contributed by atoms with Gasteiger partial charge in [0, 0.05) is 12.6 Å². The van der Waals surface area contributed by atoms with E-state index in [0.29, 0.717) is 19.6 Å². The van der Waals surface area contributed by atoms with Gasteiger partial charge in [-0.1, -0.05) is 17.7 Å². The number of unbranched alkanes of at least 4 members (excludes halogenated alkanes) is 1. The van der Waals surface area contributed by atoms with Gasteiger partial charge in [0.1, 0.15) is 5.75 Å². The number of nitrogens with one attached hydrogen (secondary N) is 1. The summed E-state index contributed by atoms with van der Waals surface area (Å²) in [6.07, 6.45) is 3.56. The van der Waals surface area contributed by atoms with Gasteiger partial charge in [0.05, 0.1) is 6.61 Å². The van der Waals surface area contributed by atoms with Crippen LogP contribution in [0.25, 0.3) is 0 Å². The molecular formula is C14H22N2O2. The Morgan fingerprint density at radius 1 is 1.33 bits per heavy atom. The summed E-state index contributed by atoms with van der Waals surface area (Å²) >= 11 is 0. The Hall–Kier alpha value is -1.55. The molecule has 0 aromatic heterocycles. The lowest BCUT2D eigenvalue weighted by Gasteiger charge is -2.13. The average molecular weight is 250 g/mol. The molecule has 0 bridgehead atoms. The molecule has 0 aliphatic rings. The summed E-state index contributed by atoms with van der Waals surface area (Å²) < 4.78 is 5.62. The number of carbonyl (C=O) groups excluding carboxylic acids is 1. The Morgan fingerprint density at radius 2 is 2.06 bits per heavy atom. The minimum atomic E-state index is 0.0851. The molecule has 1 atom stereocenters. The smallest absolute Gasteiger partial charge is 0.207 e. The van der Waals surface area contributed by atoms with Crippen molar-refractivity contribution >= 4 is 6.41 Å². The Bertz CT molecular complexity index is 338. The Kier molecular flexibility index (Phi) is 6.87. The molecule has 0 saturated heterocycles. The maximum absolute atomic E-state index is 10.3. The molecule has 0 fully saturated rings. The summed E-state index contributed by atoms with van der Waals surface area (Å²) in [4.78, 5) is 10.3. The zero-order valence-corrected chi connectivity index (χ0v) is 10.9. The zero-order chi connectivity index (χ0) is 13.2. The zero-order valence-electron chi connectivity index (χ0n) is 10.9. The first kappa shape index (κ1) is 14.5. The first-order chi connectivity index (χ1) is 8.76. The summed E-state index contributed by atoms with van der Waals surface area (Å²) in [6, 6.07) is 8.11. The highest BCUT2D eigenvalue weighted by Crippen LogP contribution is 2.12. The molecule has 1 rings (SSSR count). The lowest BCUT2D eigenvalue weighted by molar-refractivity contribution is -0.110. The minimum Gasteiger partial charge on any atom is -0.494 e. The highest BCUT2D eigenvalue weighted by Gasteiger charge is 2.03. The van der Waals surface area contributed by atoms with Crippen molar-refractivity contribution in [3.63, 3.8) is 0 Å². The van der Waals surface area contributed by atoms with Crippen molar-refractivity contribution in [2.24, 2.45) is 5.73 Å². The summed E-state index contributed by atoms with van der Waals surface area (Å²) in [5.74, 6) is 0.905. The van der Waals surface area contributed by atoms with Gasteiger partial charge < -0.3 is 15.8 Å². The van der Waals surface area contributed by atoms with Crippen LogP contribution in [-0.2, 0) is 4.79 Å². The van der Waals surface area contributed by atoms with E-state index in [1.165, 1.54) is 5.56 Å². The highest BCUT2D eigenvalue weighted by atomic mass is 16.5. The molecular weight excluding hydrogens is 228 g/mol. The summed E-state index contributed by atoms with van der Waals surface area (Å²) in [5.41, 5.74) is 6.76. The quantitative estimate of drug-likeness (QED) is 0.517. The van der Waals surface area contributed by atoms with Crippen LogP contribution >= 0.6 is 0 Å². The van der Waals surface area contributed by atoms with Gasteiger partial charge in [0.15, 0.2) is 0 Å². The van der Waals surface area contributed by atoms with Crippen LogP contribution in [0.4, 0.5) is 0 Å². The molecule has 100 valence electrons. The number of amides is 1. The normalized spacial score (nSPS) is 11.9. The summed E-state index contributed by atoms with van der Waals surface area (Å²) in [5, 5.41) is 2.70. The van der Waals surface area contributed by atoms with Crippen LogP contribution in [0, 0.1) is 6.92 Å². The predicted molar refractivity (Wildman–Crippen MR) is 72.6 cm³/mol. The molecule has 0 heterocycles. The van der Waals surface area contributed by atoms with Crippen LogP contribution in [0.3, 0.4) is 0 Å². The van der Waals surface area contributed by atoms with E-state index in [0.717, 1.165) is 25.0 Å². The number of ether oxygens (including phenoxy) is 1. The average Bonchev–Trinajstić information content (AvgIpc) is 2.39. The fourth-order valence-electron chi connectivity index (χ4n) is 1.68. The lowest BCUT2D eigenvalue weighted by Crippen LogP contribution is -2.35. The molecule has 1 aromatic carbocycles. The second-order valence-electron chi connectivity index (χ2n) is 4.37. The van der Waals surface area contributed by atoms with Crippen molar-refractivity contribution in [2.75, 3.05) is 13.2 Å². The van der Waals surface area contributed by atoms with Crippen LogP contribution in [-0.4, -0.2) is 25.6 Å². The molecule has 4 nitrogen and oxygen atoms in total. The van der Waals surface area contributed by atoms with Crippen LogP contribution in [0.1, 0.15) is 24.8 Å². The van der Waals surface area contributed by atoms with Gasteiger partial charge in [-0.3, -0.25) is 4.79 Å². The van der Waals surface area contributed by atoms with Crippen LogP contribution < -0.4 is 15.8 Å². The van der Waals surface area contributed by atoms with Gasteiger partial charge >= 0.3 is 0 Å². The van der Waals surface area contributed by atoms with Crippen molar-refractivity contribution < 1.29 is 9.53 Å². The van der Waals surface area contributed by atoms with Crippen molar-refractivity contribution in [3.8, 4) is 5.75 Å². The third kappa shape index (κ3) is 5.68. The second kappa shape index (κ2) is 8.53. The first-order valence-electron chi connectivity index (χ1n) is 6.35. The third-order valence-corrected chi connectivity index (χ3v) is 2.82. The van der Waals surface area contributed by atoms with Gasteiger partial charge in [-0.05, 0) is 38.3 Å². The number of hydrogen-bond donors (Lipinski definition) is 2. The fraction of sp³-hybridized carbons (Fsp3) is 0.500. The van der Waals surface area contributed by atoms with Gasteiger partial charge in [0.25, 0.3) is 0 Å². The molecule has 18 heavy (non-hydrogen) atoms. The van der Waals surface area contributed by atoms with E-state index in [2.05, 4.69) is 12.2 Å². The summed E-state index contributed by atoms with van der Waals surface area (Å²) in [6.45, 7) is 3.23. The van der Waals surface area contributed by atoms with Gasteiger partial charge in [0.2, 0.25) is 6.41 Å². The second-order valence-corrected chi connectivity index (χ2v) is 4.37. The molecule has 0 aliphatic carbocycles. The molecule has 1 aromatic rings. The minimum absolute atomic E-state index is 0.0851. The Morgan fingerprint density at radius 3 is 2.67 bits per heavy atom. The SMILES string of the molecule is Cc1ccc(OCCCC[C@@H](CN)NC=O)cc1. The van der Waals surface area contributed by atoms with Crippen molar-refractivity contribution in [1.29, 1.82) is 0 Å². The van der Waals surface area contributed by atoms with E-state index in [4.69, 9.17) is 10.5 Å². The number of carbonyl (C=O) groups is 1. The molecule has 0 aliphatic heterocycles. The topological polar surface area (TPSA) is 64.3 Å². The van der Waals surface area contributed by atoms with Crippen molar-refractivity contribution in [1.82, 2.24) is 5.32 Å². The van der Waals surface area contributed by atoms with Crippen LogP contribution in [0.5, 0.6) is 5.75 Å². The van der Waals surface area contributed by atoms with E-state index in [1.807, 2.05) is 24.3 Å². The van der Waals surface area contributed by atoms with E-state index in [-0.39, 0.29) is 6.04 Å². The Balaban J connectivity index is 2.11. The lowest BCUT2D eigenvalue weighted by atomic mass is 10.1. The molecule has 0 spiro atoms. The molecule has 0 saturated carbocycles. The molecule has 0 radical (unpaired) electrons. The number of benzene rings is 1. The van der Waals surface area contributed by atoms with E-state index >= 15 is 0 Å². The number of hydrogen-bond acceptors (Lipinski definition) is 3. The third-order valence-electron chi connectivity index (χ3n) is 2.82. The van der Waals surface area contributed by atoms with Gasteiger partial charge in [-0.25, -0.2) is 0 Å². The number of nitrogens with two attached hydrogens (primary N) is 1. The Labute approximate surface area is 109 Å². The molecule has 0 unspecified atom stereocenters. The van der Waals surface area contributed by atoms with E-state index < -0.39 is 0 Å². The van der Waals surface area contributed by atoms with E-state index in [1.54, 1.807) is 0 Å². The summed E-state index contributed by atoms with van der Waals surface area (Å²) in [7, 11) is 0. The molecule has 3 N–H and O–H groups in total. The largest absolute Gasteiger partial charge is 0.494 e. The van der Waals surface area contributed by atoms with Crippen molar-refractivity contribution in [3.05, 3.63) is 29.8 Å². The predicted octanol–water partition coefficient (Wildman–Crippen LogP) is 1.62. The number of rotatable bonds is 9.